The lowest BCUT2D eigenvalue weighted by Gasteiger charge is -2.37. The lowest BCUT2D eigenvalue weighted by atomic mass is 9.77. The molecule has 0 bridgehead atoms. The molecule has 0 saturated carbocycles. The number of aromatic nitrogens is 1. The zero-order chi connectivity index (χ0) is 14.4. The van der Waals surface area contributed by atoms with Gasteiger partial charge in [0.05, 0.1) is 11.7 Å². The molecule has 106 valence electrons. The average Bonchev–Trinajstić information content (AvgIpc) is 2.97. The van der Waals surface area contributed by atoms with Crippen LogP contribution in [0.15, 0.2) is 53.3 Å². The van der Waals surface area contributed by atoms with Gasteiger partial charge in [-0.1, -0.05) is 34.1 Å². The molecule has 2 nitrogen and oxygen atoms in total. The van der Waals surface area contributed by atoms with Gasteiger partial charge in [-0.2, -0.15) is 0 Å². The van der Waals surface area contributed by atoms with Crippen LogP contribution in [-0.2, 0) is 0 Å². The molecule has 0 unspecified atom stereocenters. The van der Waals surface area contributed by atoms with Crippen LogP contribution in [0.2, 0.25) is 0 Å². The maximum absolute atomic E-state index is 14.3. The van der Waals surface area contributed by atoms with Crippen molar-refractivity contribution in [3.63, 3.8) is 0 Å². The van der Waals surface area contributed by atoms with Crippen molar-refractivity contribution in [2.45, 2.75) is 18.4 Å². The number of benzene rings is 1. The van der Waals surface area contributed by atoms with Crippen LogP contribution in [0.1, 0.15) is 29.5 Å². The molecular formula is C17H14BrFN2. The van der Waals surface area contributed by atoms with Crippen LogP contribution in [0.4, 0.5) is 10.1 Å². The highest BCUT2D eigenvalue weighted by Crippen LogP contribution is 2.50. The van der Waals surface area contributed by atoms with Crippen LogP contribution < -0.4 is 5.32 Å². The van der Waals surface area contributed by atoms with E-state index in [-0.39, 0.29) is 17.8 Å². The van der Waals surface area contributed by atoms with E-state index in [1.165, 1.54) is 6.07 Å². The molecule has 0 radical (unpaired) electrons. The Morgan fingerprint density at radius 2 is 2.24 bits per heavy atom. The van der Waals surface area contributed by atoms with E-state index in [0.29, 0.717) is 11.6 Å². The van der Waals surface area contributed by atoms with Crippen molar-refractivity contribution in [2.75, 3.05) is 5.32 Å². The number of hydrogen-bond donors (Lipinski definition) is 1. The van der Waals surface area contributed by atoms with Gasteiger partial charge in [0.15, 0.2) is 0 Å². The van der Waals surface area contributed by atoms with Gasteiger partial charge in [0, 0.05) is 22.8 Å². The summed E-state index contributed by atoms with van der Waals surface area (Å²) in [4.78, 5) is 4.20. The van der Waals surface area contributed by atoms with Gasteiger partial charge in [-0.3, -0.25) is 4.98 Å². The summed E-state index contributed by atoms with van der Waals surface area (Å²) in [5.41, 5.74) is 2.78. The molecular weight excluding hydrogens is 331 g/mol. The Kier molecular flexibility index (Phi) is 3.07. The molecule has 4 heteroatoms. The fourth-order valence-electron chi connectivity index (χ4n) is 3.51. The van der Waals surface area contributed by atoms with E-state index in [4.69, 9.17) is 0 Å². The number of hydrogen-bond acceptors (Lipinski definition) is 2. The van der Waals surface area contributed by atoms with E-state index in [1.54, 1.807) is 6.20 Å². The Morgan fingerprint density at radius 1 is 1.33 bits per heavy atom. The third-order valence-corrected chi connectivity index (χ3v) is 4.89. The highest BCUT2D eigenvalue weighted by molar-refractivity contribution is 9.10. The highest BCUT2D eigenvalue weighted by Gasteiger charge is 2.39. The van der Waals surface area contributed by atoms with E-state index in [2.05, 4.69) is 44.4 Å². The van der Waals surface area contributed by atoms with Crippen molar-refractivity contribution in [1.82, 2.24) is 4.98 Å². The van der Waals surface area contributed by atoms with Gasteiger partial charge in [-0.15, -0.1) is 0 Å². The van der Waals surface area contributed by atoms with Crippen molar-refractivity contribution in [3.8, 4) is 0 Å². The second-order valence-electron chi connectivity index (χ2n) is 5.61. The van der Waals surface area contributed by atoms with Crippen molar-refractivity contribution in [3.05, 3.63) is 70.2 Å². The molecule has 1 aliphatic carbocycles. The van der Waals surface area contributed by atoms with Crippen molar-refractivity contribution in [1.29, 1.82) is 0 Å². The first-order chi connectivity index (χ1) is 10.2. The van der Waals surface area contributed by atoms with Crippen LogP contribution >= 0.6 is 15.9 Å². The maximum atomic E-state index is 14.3. The smallest absolute Gasteiger partial charge is 0.147 e. The van der Waals surface area contributed by atoms with E-state index in [9.17, 15) is 4.39 Å². The summed E-state index contributed by atoms with van der Waals surface area (Å²) >= 11 is 3.40. The van der Waals surface area contributed by atoms with Crippen LogP contribution in [0.5, 0.6) is 0 Å². The summed E-state index contributed by atoms with van der Waals surface area (Å²) in [6.45, 7) is 0. The zero-order valence-corrected chi connectivity index (χ0v) is 12.8. The SMILES string of the molecule is Fc1cc(Br)cc2c1N[C@@H](c1cccnc1)[C@@H]1CC=C[C@H]21. The predicted octanol–water partition coefficient (Wildman–Crippen LogP) is 4.81. The fraction of sp³-hybridized carbons (Fsp3) is 0.235. The van der Waals surface area contributed by atoms with Crippen molar-refractivity contribution in [2.24, 2.45) is 5.92 Å². The summed E-state index contributed by atoms with van der Waals surface area (Å²) in [6.07, 6.45) is 9.05. The molecule has 0 saturated heterocycles. The monoisotopic (exact) mass is 344 g/mol. The minimum absolute atomic E-state index is 0.0990. The number of fused-ring (bicyclic) bond motifs is 3. The maximum Gasteiger partial charge on any atom is 0.147 e. The molecule has 1 aromatic heterocycles. The van der Waals surface area contributed by atoms with Crippen molar-refractivity contribution < 1.29 is 4.39 Å². The van der Waals surface area contributed by atoms with Gasteiger partial charge < -0.3 is 5.32 Å². The van der Waals surface area contributed by atoms with Gasteiger partial charge in [-0.25, -0.2) is 4.39 Å². The van der Waals surface area contributed by atoms with E-state index in [0.717, 1.165) is 22.0 Å². The second-order valence-corrected chi connectivity index (χ2v) is 6.53. The molecule has 21 heavy (non-hydrogen) atoms. The Morgan fingerprint density at radius 3 is 3.05 bits per heavy atom. The number of allylic oxidation sites excluding steroid dienone is 2. The molecule has 4 rings (SSSR count). The molecule has 0 amide bonds. The standard InChI is InChI=1S/C17H14BrFN2/c18-11-7-14-12-4-1-5-13(12)16(10-3-2-6-20-9-10)21-17(14)15(19)8-11/h1-4,6-9,12-13,16,21H,5H2/t12-,13+,16-/m0/s1. The topological polar surface area (TPSA) is 24.9 Å². The zero-order valence-electron chi connectivity index (χ0n) is 11.3. The lowest BCUT2D eigenvalue weighted by Crippen LogP contribution is -2.29. The number of anilines is 1. The van der Waals surface area contributed by atoms with Crippen molar-refractivity contribution >= 4 is 21.6 Å². The first-order valence-electron chi connectivity index (χ1n) is 7.06. The lowest BCUT2D eigenvalue weighted by molar-refractivity contribution is 0.420. The van der Waals surface area contributed by atoms with Gasteiger partial charge in [0.2, 0.25) is 0 Å². The normalized spacial score (nSPS) is 26.1. The third kappa shape index (κ3) is 2.09. The fourth-order valence-corrected chi connectivity index (χ4v) is 3.96. The summed E-state index contributed by atoms with van der Waals surface area (Å²) in [7, 11) is 0. The average molecular weight is 345 g/mol. The van der Waals surface area contributed by atoms with Crippen LogP contribution in [-0.4, -0.2) is 4.98 Å². The Bertz CT molecular complexity index is 714. The molecule has 0 spiro atoms. The number of nitrogens with one attached hydrogen (secondary N) is 1. The number of rotatable bonds is 1. The Labute approximate surface area is 131 Å². The molecule has 2 aromatic rings. The third-order valence-electron chi connectivity index (χ3n) is 4.43. The van der Waals surface area contributed by atoms with Gasteiger partial charge >= 0.3 is 0 Å². The van der Waals surface area contributed by atoms with E-state index < -0.39 is 0 Å². The number of pyridine rings is 1. The van der Waals surface area contributed by atoms with Crippen LogP contribution in [0.25, 0.3) is 0 Å². The summed E-state index contributed by atoms with van der Waals surface area (Å²) < 4.78 is 15.1. The van der Waals surface area contributed by atoms with E-state index in [1.807, 2.05) is 18.3 Å². The second kappa shape index (κ2) is 4.95. The summed E-state index contributed by atoms with van der Waals surface area (Å²) in [5, 5.41) is 3.40. The molecule has 2 aliphatic rings. The first kappa shape index (κ1) is 13.0. The number of halogens is 2. The first-order valence-corrected chi connectivity index (χ1v) is 7.85. The Hall–Kier alpha value is -1.68. The summed E-state index contributed by atoms with van der Waals surface area (Å²) in [6, 6.07) is 7.63. The van der Waals surface area contributed by atoms with Gasteiger partial charge in [0.25, 0.3) is 0 Å². The van der Waals surface area contributed by atoms with Gasteiger partial charge in [0.1, 0.15) is 5.82 Å². The largest absolute Gasteiger partial charge is 0.375 e. The Balaban J connectivity index is 1.84. The molecule has 0 fully saturated rings. The molecule has 1 aliphatic heterocycles. The van der Waals surface area contributed by atoms with Gasteiger partial charge in [-0.05, 0) is 41.7 Å². The summed E-state index contributed by atoms with van der Waals surface area (Å²) in [5.74, 6) is 0.473. The van der Waals surface area contributed by atoms with Crippen LogP contribution in [0.3, 0.4) is 0 Å². The highest BCUT2D eigenvalue weighted by atomic mass is 79.9. The molecule has 1 N–H and O–H groups in total. The minimum atomic E-state index is -0.202. The minimum Gasteiger partial charge on any atom is -0.375 e. The molecule has 1 aromatic carbocycles. The quantitative estimate of drug-likeness (QED) is 0.751. The number of nitrogens with zero attached hydrogens (tertiary/aromatic N) is 1. The van der Waals surface area contributed by atoms with E-state index >= 15 is 0 Å². The molecule has 2 heterocycles. The van der Waals surface area contributed by atoms with Crippen LogP contribution in [0, 0.1) is 11.7 Å². The molecule has 3 atom stereocenters. The predicted molar refractivity (Wildman–Crippen MR) is 84.7 cm³/mol.